The van der Waals surface area contributed by atoms with Gasteiger partial charge in [0, 0.05) is 5.56 Å². The van der Waals surface area contributed by atoms with Gasteiger partial charge in [0.1, 0.15) is 5.75 Å². The Hall–Kier alpha value is -2.31. The highest BCUT2D eigenvalue weighted by atomic mass is 31.2. The lowest BCUT2D eigenvalue weighted by molar-refractivity contribution is 0.501. The van der Waals surface area contributed by atoms with Crippen molar-refractivity contribution in [2.24, 2.45) is 0 Å². The molecule has 0 N–H and O–H groups in total. The Bertz CT molecular complexity index is 856. The van der Waals surface area contributed by atoms with E-state index in [4.69, 9.17) is 4.52 Å². The number of benzene rings is 3. The molecule has 0 fully saturated rings. The summed E-state index contributed by atoms with van der Waals surface area (Å²) in [4.78, 5) is 0. The zero-order chi connectivity index (χ0) is 14.3. The smallest absolute Gasteiger partial charge is 0.308 e. The minimum absolute atomic E-state index is 0.548. The molecule has 0 aromatic heterocycles. The SMILES string of the molecule is O=P1(c2[c]cc[c]c2)Oc2ccccc2-c2ccccc21. The van der Waals surface area contributed by atoms with E-state index in [0.717, 1.165) is 16.4 Å². The number of rotatable bonds is 1. The van der Waals surface area contributed by atoms with Crippen LogP contribution in [-0.2, 0) is 4.57 Å². The van der Waals surface area contributed by atoms with Crippen molar-refractivity contribution in [3.05, 3.63) is 78.9 Å². The minimum Gasteiger partial charge on any atom is -0.436 e. The van der Waals surface area contributed by atoms with Gasteiger partial charge in [0.2, 0.25) is 0 Å². The second kappa shape index (κ2) is 4.61. The van der Waals surface area contributed by atoms with Crippen molar-refractivity contribution >= 4 is 18.0 Å². The molecule has 0 saturated heterocycles. The Balaban J connectivity index is 2.03. The summed E-state index contributed by atoms with van der Waals surface area (Å²) in [5.74, 6) is 0.650. The van der Waals surface area contributed by atoms with Crippen molar-refractivity contribution < 1.29 is 9.09 Å². The molecular weight excluding hydrogens is 279 g/mol. The topological polar surface area (TPSA) is 26.3 Å². The van der Waals surface area contributed by atoms with E-state index in [1.807, 2.05) is 48.5 Å². The number of hydrogen-bond donors (Lipinski definition) is 0. The maximum atomic E-state index is 13.5. The first kappa shape index (κ1) is 12.4. The van der Waals surface area contributed by atoms with Crippen LogP contribution < -0.4 is 15.1 Å². The third kappa shape index (κ3) is 1.84. The Morgan fingerprint density at radius 1 is 0.905 bits per heavy atom. The van der Waals surface area contributed by atoms with Crippen molar-refractivity contribution in [2.75, 3.05) is 0 Å². The van der Waals surface area contributed by atoms with Crippen LogP contribution in [0, 0.1) is 12.1 Å². The molecule has 1 aliphatic heterocycles. The van der Waals surface area contributed by atoms with Gasteiger partial charge < -0.3 is 4.52 Å². The van der Waals surface area contributed by atoms with E-state index >= 15 is 0 Å². The molecule has 3 heteroatoms. The van der Waals surface area contributed by atoms with Crippen LogP contribution in [0.1, 0.15) is 0 Å². The van der Waals surface area contributed by atoms with Crippen molar-refractivity contribution in [3.8, 4) is 16.9 Å². The molecule has 0 spiro atoms. The fourth-order valence-corrected chi connectivity index (χ4v) is 4.78. The Labute approximate surface area is 123 Å². The zero-order valence-electron chi connectivity index (χ0n) is 11.1. The Morgan fingerprint density at radius 2 is 1.67 bits per heavy atom. The van der Waals surface area contributed by atoms with E-state index in [-0.39, 0.29) is 0 Å². The van der Waals surface area contributed by atoms with Crippen LogP contribution in [0.5, 0.6) is 5.75 Å². The summed E-state index contributed by atoms with van der Waals surface area (Å²) >= 11 is 0. The summed E-state index contributed by atoms with van der Waals surface area (Å²) in [6.07, 6.45) is 0. The van der Waals surface area contributed by atoms with Crippen molar-refractivity contribution in [1.29, 1.82) is 0 Å². The molecule has 0 saturated carbocycles. The van der Waals surface area contributed by atoms with E-state index in [0.29, 0.717) is 11.1 Å². The predicted octanol–water partition coefficient (Wildman–Crippen LogP) is 3.58. The van der Waals surface area contributed by atoms with Gasteiger partial charge in [0.15, 0.2) is 0 Å². The normalized spacial score (nSPS) is 19.2. The summed E-state index contributed by atoms with van der Waals surface area (Å²) < 4.78 is 19.5. The lowest BCUT2D eigenvalue weighted by Gasteiger charge is -2.28. The first-order valence-corrected chi connectivity index (χ1v) is 8.28. The third-order valence-corrected chi connectivity index (χ3v) is 5.94. The third-order valence-electron chi connectivity index (χ3n) is 3.57. The average Bonchev–Trinajstić information content (AvgIpc) is 2.56. The highest BCUT2D eigenvalue weighted by molar-refractivity contribution is 7.75. The lowest BCUT2D eigenvalue weighted by atomic mass is 10.0. The van der Waals surface area contributed by atoms with Gasteiger partial charge in [-0.25, -0.2) is 0 Å². The largest absolute Gasteiger partial charge is 0.436 e. The van der Waals surface area contributed by atoms with Gasteiger partial charge in [-0.15, -0.1) is 0 Å². The molecule has 0 amide bonds. The monoisotopic (exact) mass is 290 g/mol. The van der Waals surface area contributed by atoms with Crippen LogP contribution in [-0.4, -0.2) is 0 Å². The summed E-state index contributed by atoms with van der Waals surface area (Å²) in [5.41, 5.74) is 1.93. The van der Waals surface area contributed by atoms with Gasteiger partial charge in [-0.3, -0.25) is 4.57 Å². The molecule has 3 aromatic carbocycles. The van der Waals surface area contributed by atoms with Gasteiger partial charge in [0.05, 0.1) is 10.6 Å². The fraction of sp³-hybridized carbons (Fsp3) is 0. The molecule has 21 heavy (non-hydrogen) atoms. The Kier molecular flexibility index (Phi) is 2.73. The highest BCUT2D eigenvalue weighted by Gasteiger charge is 2.37. The molecule has 2 nitrogen and oxygen atoms in total. The summed E-state index contributed by atoms with van der Waals surface area (Å²) in [6.45, 7) is 0. The van der Waals surface area contributed by atoms with Crippen molar-refractivity contribution in [3.63, 3.8) is 0 Å². The molecule has 1 heterocycles. The van der Waals surface area contributed by atoms with Crippen LogP contribution in [0.3, 0.4) is 0 Å². The Morgan fingerprint density at radius 3 is 2.48 bits per heavy atom. The van der Waals surface area contributed by atoms with E-state index in [1.54, 1.807) is 18.2 Å². The second-order valence-corrected chi connectivity index (χ2v) is 7.08. The van der Waals surface area contributed by atoms with Gasteiger partial charge in [-0.05, 0) is 35.9 Å². The van der Waals surface area contributed by atoms with Crippen LogP contribution in [0.2, 0.25) is 0 Å². The van der Waals surface area contributed by atoms with Gasteiger partial charge in [-0.1, -0.05) is 48.5 Å². The summed E-state index contributed by atoms with van der Waals surface area (Å²) in [6, 6.07) is 26.5. The first-order valence-electron chi connectivity index (χ1n) is 6.66. The summed E-state index contributed by atoms with van der Waals surface area (Å²) in [7, 11) is -3.17. The molecule has 3 aromatic rings. The van der Waals surface area contributed by atoms with E-state index in [9.17, 15) is 4.57 Å². The molecule has 1 atom stereocenters. The second-order valence-electron chi connectivity index (χ2n) is 4.83. The lowest BCUT2D eigenvalue weighted by Crippen LogP contribution is -2.25. The zero-order valence-corrected chi connectivity index (χ0v) is 12.0. The average molecular weight is 290 g/mol. The molecule has 0 bridgehead atoms. The molecule has 100 valence electrons. The first-order chi connectivity index (χ1) is 10.3. The predicted molar refractivity (Wildman–Crippen MR) is 83.5 cm³/mol. The van der Waals surface area contributed by atoms with E-state index in [2.05, 4.69) is 12.1 Å². The van der Waals surface area contributed by atoms with E-state index < -0.39 is 7.37 Å². The minimum atomic E-state index is -3.17. The molecular formula is C18H11O2P. The number of fused-ring (bicyclic) bond motifs is 3. The van der Waals surface area contributed by atoms with Crippen molar-refractivity contribution in [2.45, 2.75) is 0 Å². The van der Waals surface area contributed by atoms with Crippen LogP contribution in [0.15, 0.2) is 66.7 Å². The van der Waals surface area contributed by atoms with Gasteiger partial charge in [-0.2, -0.15) is 0 Å². The van der Waals surface area contributed by atoms with E-state index in [1.165, 1.54) is 0 Å². The van der Waals surface area contributed by atoms with Crippen LogP contribution >= 0.6 is 7.37 Å². The van der Waals surface area contributed by atoms with Crippen LogP contribution in [0.4, 0.5) is 0 Å². The molecule has 0 aliphatic carbocycles. The molecule has 1 aliphatic rings. The van der Waals surface area contributed by atoms with Crippen molar-refractivity contribution in [1.82, 2.24) is 0 Å². The number of para-hydroxylation sites is 1. The molecule has 4 rings (SSSR count). The van der Waals surface area contributed by atoms with Crippen LogP contribution in [0.25, 0.3) is 11.1 Å². The fourth-order valence-electron chi connectivity index (χ4n) is 2.61. The standard InChI is InChI=1S/C18H11O2P/c19-21(14-8-2-1-3-9-14)18-13-7-5-11-16(18)15-10-4-6-12-17(15)20-21/h1-2,4-7,9-13H. The maximum absolute atomic E-state index is 13.5. The summed E-state index contributed by atoms with van der Waals surface area (Å²) in [5, 5.41) is 1.27. The maximum Gasteiger partial charge on any atom is 0.308 e. The molecule has 2 radical (unpaired) electrons. The quantitative estimate of drug-likeness (QED) is 0.640. The van der Waals surface area contributed by atoms with Gasteiger partial charge >= 0.3 is 7.37 Å². The van der Waals surface area contributed by atoms with Gasteiger partial charge in [0.25, 0.3) is 0 Å². The molecule has 1 unspecified atom stereocenters. The number of hydrogen-bond acceptors (Lipinski definition) is 2. The highest BCUT2D eigenvalue weighted by Crippen LogP contribution is 2.53.